The zero-order chi connectivity index (χ0) is 15.6. The molecule has 2 aromatic heterocycles. The second kappa shape index (κ2) is 5.79. The van der Waals surface area contributed by atoms with Crippen LogP contribution in [0.4, 0.5) is 11.5 Å². The lowest BCUT2D eigenvalue weighted by molar-refractivity contribution is 0.414. The highest BCUT2D eigenvalue weighted by Gasteiger charge is 2.20. The molecule has 3 aromatic rings. The Kier molecular flexibility index (Phi) is 3.49. The van der Waals surface area contributed by atoms with Crippen LogP contribution in [0.15, 0.2) is 42.9 Å². The number of ether oxygens (including phenoxy) is 1. The van der Waals surface area contributed by atoms with Crippen LogP contribution in [-0.4, -0.2) is 48.2 Å². The number of anilines is 2. The molecule has 0 aliphatic carbocycles. The summed E-state index contributed by atoms with van der Waals surface area (Å²) in [4.78, 5) is 16.6. The van der Waals surface area contributed by atoms with Gasteiger partial charge in [0.1, 0.15) is 23.5 Å². The van der Waals surface area contributed by atoms with Gasteiger partial charge in [0.15, 0.2) is 0 Å². The number of fused-ring (bicyclic) bond motifs is 1. The van der Waals surface area contributed by atoms with Crippen molar-refractivity contribution >= 4 is 22.5 Å². The molecule has 6 nitrogen and oxygen atoms in total. The van der Waals surface area contributed by atoms with Gasteiger partial charge in [-0.1, -0.05) is 6.07 Å². The quantitative estimate of drug-likeness (QED) is 0.804. The number of aromatic nitrogens is 3. The fraction of sp³-hybridized carbons (Fsp3) is 0.294. The maximum absolute atomic E-state index is 5.32. The zero-order valence-corrected chi connectivity index (χ0v) is 13.1. The summed E-state index contributed by atoms with van der Waals surface area (Å²) in [6, 6.07) is 10.3. The first-order chi connectivity index (χ1) is 11.3. The van der Waals surface area contributed by atoms with Crippen LogP contribution in [0.3, 0.4) is 0 Å². The summed E-state index contributed by atoms with van der Waals surface area (Å²) in [5.41, 5.74) is 2.10. The molecule has 0 saturated carbocycles. The Morgan fingerprint density at radius 1 is 1.04 bits per heavy atom. The summed E-state index contributed by atoms with van der Waals surface area (Å²) < 4.78 is 5.32. The van der Waals surface area contributed by atoms with Gasteiger partial charge >= 0.3 is 0 Å². The third-order valence-corrected chi connectivity index (χ3v) is 4.33. The van der Waals surface area contributed by atoms with Gasteiger partial charge in [0.05, 0.1) is 12.5 Å². The van der Waals surface area contributed by atoms with Crippen LogP contribution in [0.2, 0.25) is 0 Å². The zero-order valence-electron chi connectivity index (χ0n) is 13.1. The highest BCUT2D eigenvalue weighted by atomic mass is 16.5. The third-order valence-electron chi connectivity index (χ3n) is 4.33. The molecule has 0 spiro atoms. The standard InChI is InChI=1S/C17H19N5O/c1-23-14-4-2-3-13(11-14)21-7-9-22(10-8-21)17-15-5-6-18-16(15)19-12-20-17/h2-6,11-12H,7-10H2,1H3,(H,18,19,20). The highest BCUT2D eigenvalue weighted by Crippen LogP contribution is 2.26. The molecule has 23 heavy (non-hydrogen) atoms. The van der Waals surface area contributed by atoms with Crippen LogP contribution < -0.4 is 14.5 Å². The molecule has 1 N–H and O–H groups in total. The first-order valence-electron chi connectivity index (χ1n) is 7.77. The van der Waals surface area contributed by atoms with Gasteiger partial charge in [-0.2, -0.15) is 0 Å². The number of nitrogens with zero attached hydrogens (tertiary/aromatic N) is 4. The highest BCUT2D eigenvalue weighted by molar-refractivity contribution is 5.87. The van der Waals surface area contributed by atoms with E-state index < -0.39 is 0 Å². The molecule has 1 aliphatic heterocycles. The van der Waals surface area contributed by atoms with Crippen molar-refractivity contribution in [2.75, 3.05) is 43.1 Å². The van der Waals surface area contributed by atoms with Gasteiger partial charge in [-0.25, -0.2) is 9.97 Å². The summed E-state index contributed by atoms with van der Waals surface area (Å²) in [6.07, 6.45) is 3.54. The SMILES string of the molecule is COc1cccc(N2CCN(c3ncnc4[nH]ccc34)CC2)c1. The summed E-state index contributed by atoms with van der Waals surface area (Å²) in [7, 11) is 1.70. The average molecular weight is 309 g/mol. The molecular formula is C17H19N5O. The van der Waals surface area contributed by atoms with E-state index in [1.54, 1.807) is 13.4 Å². The van der Waals surface area contributed by atoms with E-state index in [1.165, 1.54) is 5.69 Å². The third kappa shape index (κ3) is 2.56. The lowest BCUT2D eigenvalue weighted by Gasteiger charge is -2.37. The van der Waals surface area contributed by atoms with Crippen LogP contribution in [0.5, 0.6) is 5.75 Å². The van der Waals surface area contributed by atoms with Crippen LogP contribution in [0.1, 0.15) is 0 Å². The lowest BCUT2D eigenvalue weighted by Crippen LogP contribution is -2.46. The molecule has 4 rings (SSSR count). The molecule has 0 atom stereocenters. The van der Waals surface area contributed by atoms with E-state index in [2.05, 4.69) is 36.9 Å². The monoisotopic (exact) mass is 309 g/mol. The van der Waals surface area contributed by atoms with E-state index in [9.17, 15) is 0 Å². The topological polar surface area (TPSA) is 57.3 Å². The smallest absolute Gasteiger partial charge is 0.142 e. The first-order valence-corrected chi connectivity index (χ1v) is 7.77. The molecule has 1 fully saturated rings. The largest absolute Gasteiger partial charge is 0.497 e. The van der Waals surface area contributed by atoms with Gasteiger partial charge < -0.3 is 19.5 Å². The first kappa shape index (κ1) is 13.9. The Balaban J connectivity index is 1.51. The molecule has 3 heterocycles. The molecular weight excluding hydrogens is 290 g/mol. The molecule has 0 bridgehead atoms. The van der Waals surface area contributed by atoms with Gasteiger partial charge in [0.2, 0.25) is 0 Å². The lowest BCUT2D eigenvalue weighted by atomic mass is 10.2. The van der Waals surface area contributed by atoms with E-state index in [4.69, 9.17) is 4.74 Å². The number of hydrogen-bond acceptors (Lipinski definition) is 5. The predicted octanol–water partition coefficient (Wildman–Crippen LogP) is 2.29. The molecule has 1 aromatic carbocycles. The second-order valence-corrected chi connectivity index (χ2v) is 5.61. The number of methoxy groups -OCH3 is 1. The number of aromatic amines is 1. The van der Waals surface area contributed by atoms with Gasteiger partial charge in [0, 0.05) is 44.1 Å². The van der Waals surface area contributed by atoms with Crippen LogP contribution in [-0.2, 0) is 0 Å². The van der Waals surface area contributed by atoms with E-state index >= 15 is 0 Å². The van der Waals surface area contributed by atoms with Crippen LogP contribution >= 0.6 is 0 Å². The van der Waals surface area contributed by atoms with Gasteiger partial charge in [-0.05, 0) is 18.2 Å². The Morgan fingerprint density at radius 2 is 1.87 bits per heavy atom. The van der Waals surface area contributed by atoms with Crippen LogP contribution in [0, 0.1) is 0 Å². The van der Waals surface area contributed by atoms with Crippen molar-refractivity contribution in [2.45, 2.75) is 0 Å². The molecule has 118 valence electrons. The molecule has 0 unspecified atom stereocenters. The minimum Gasteiger partial charge on any atom is -0.497 e. The second-order valence-electron chi connectivity index (χ2n) is 5.61. The fourth-order valence-electron chi connectivity index (χ4n) is 3.09. The fourth-order valence-corrected chi connectivity index (χ4v) is 3.09. The maximum atomic E-state index is 5.32. The Labute approximate surface area is 134 Å². The molecule has 0 amide bonds. The molecule has 1 saturated heterocycles. The van der Waals surface area contributed by atoms with Crippen molar-refractivity contribution in [3.05, 3.63) is 42.9 Å². The summed E-state index contributed by atoms with van der Waals surface area (Å²) in [6.45, 7) is 3.80. The number of benzene rings is 1. The van der Waals surface area contributed by atoms with E-state index in [0.29, 0.717) is 0 Å². The Bertz CT molecular complexity index is 807. The number of H-pyrrole nitrogens is 1. The Morgan fingerprint density at radius 3 is 2.70 bits per heavy atom. The number of nitrogens with one attached hydrogen (secondary N) is 1. The van der Waals surface area contributed by atoms with Gasteiger partial charge in [-0.3, -0.25) is 0 Å². The van der Waals surface area contributed by atoms with Gasteiger partial charge in [0.25, 0.3) is 0 Å². The van der Waals surface area contributed by atoms with Crippen molar-refractivity contribution in [3.63, 3.8) is 0 Å². The van der Waals surface area contributed by atoms with Crippen LogP contribution in [0.25, 0.3) is 11.0 Å². The van der Waals surface area contributed by atoms with E-state index in [-0.39, 0.29) is 0 Å². The van der Waals surface area contributed by atoms with E-state index in [0.717, 1.165) is 48.8 Å². The van der Waals surface area contributed by atoms with Crippen molar-refractivity contribution in [2.24, 2.45) is 0 Å². The molecule has 6 heteroatoms. The maximum Gasteiger partial charge on any atom is 0.142 e. The molecule has 0 radical (unpaired) electrons. The minimum atomic E-state index is 0.894. The summed E-state index contributed by atoms with van der Waals surface area (Å²) >= 11 is 0. The Hall–Kier alpha value is -2.76. The number of hydrogen-bond donors (Lipinski definition) is 1. The van der Waals surface area contributed by atoms with Crippen molar-refractivity contribution < 1.29 is 4.74 Å². The number of piperazine rings is 1. The van der Waals surface area contributed by atoms with Crippen molar-refractivity contribution in [1.82, 2.24) is 15.0 Å². The molecule has 1 aliphatic rings. The van der Waals surface area contributed by atoms with E-state index in [1.807, 2.05) is 24.4 Å². The number of rotatable bonds is 3. The van der Waals surface area contributed by atoms with Crippen molar-refractivity contribution in [3.8, 4) is 5.75 Å². The summed E-state index contributed by atoms with van der Waals surface area (Å²) in [5.74, 6) is 1.91. The minimum absolute atomic E-state index is 0.894. The predicted molar refractivity (Wildman–Crippen MR) is 91.3 cm³/mol. The van der Waals surface area contributed by atoms with Crippen molar-refractivity contribution in [1.29, 1.82) is 0 Å². The van der Waals surface area contributed by atoms with Gasteiger partial charge in [-0.15, -0.1) is 0 Å². The summed E-state index contributed by atoms with van der Waals surface area (Å²) in [5, 5.41) is 1.09. The normalized spacial score (nSPS) is 15.2. The average Bonchev–Trinajstić information content (AvgIpc) is 3.11.